The van der Waals surface area contributed by atoms with Crippen LogP contribution in [0.5, 0.6) is 0 Å². The summed E-state index contributed by atoms with van der Waals surface area (Å²) in [6, 6.07) is 0. The molecule has 0 amide bonds. The van der Waals surface area contributed by atoms with Crippen LogP contribution in [-0.4, -0.2) is 19.4 Å². The summed E-state index contributed by atoms with van der Waals surface area (Å²) in [4.78, 5) is 9.96. The SMILES string of the molecule is CCC(C)(C)CNCCC=O. The predicted molar refractivity (Wildman–Crippen MR) is 47.6 cm³/mol. The molecule has 0 atom stereocenters. The van der Waals surface area contributed by atoms with E-state index in [-0.39, 0.29) is 0 Å². The molecule has 0 aliphatic heterocycles. The highest BCUT2D eigenvalue weighted by molar-refractivity contribution is 5.49. The monoisotopic (exact) mass is 157 g/mol. The van der Waals surface area contributed by atoms with Crippen molar-refractivity contribution in [2.45, 2.75) is 33.6 Å². The number of aldehydes is 1. The quantitative estimate of drug-likeness (QED) is 0.468. The second-order valence-electron chi connectivity index (χ2n) is 3.65. The van der Waals surface area contributed by atoms with Crippen molar-refractivity contribution in [2.24, 2.45) is 5.41 Å². The van der Waals surface area contributed by atoms with Gasteiger partial charge in [-0.05, 0) is 11.8 Å². The summed E-state index contributed by atoms with van der Waals surface area (Å²) in [5, 5.41) is 3.25. The van der Waals surface area contributed by atoms with Crippen LogP contribution in [-0.2, 0) is 4.79 Å². The molecule has 1 N–H and O–H groups in total. The first-order valence-electron chi connectivity index (χ1n) is 4.27. The van der Waals surface area contributed by atoms with Crippen molar-refractivity contribution < 1.29 is 4.79 Å². The Hall–Kier alpha value is -0.370. The summed E-state index contributed by atoms with van der Waals surface area (Å²) in [6.45, 7) is 8.44. The second-order valence-corrected chi connectivity index (χ2v) is 3.65. The molecule has 2 nitrogen and oxygen atoms in total. The van der Waals surface area contributed by atoms with Gasteiger partial charge < -0.3 is 10.1 Å². The molecule has 66 valence electrons. The summed E-state index contributed by atoms with van der Waals surface area (Å²) in [6.07, 6.45) is 2.74. The van der Waals surface area contributed by atoms with Crippen LogP contribution in [0.1, 0.15) is 33.6 Å². The van der Waals surface area contributed by atoms with Gasteiger partial charge in [0.05, 0.1) is 0 Å². The van der Waals surface area contributed by atoms with E-state index < -0.39 is 0 Å². The highest BCUT2D eigenvalue weighted by atomic mass is 16.1. The Morgan fingerprint density at radius 2 is 2.09 bits per heavy atom. The van der Waals surface area contributed by atoms with Gasteiger partial charge in [0.2, 0.25) is 0 Å². The van der Waals surface area contributed by atoms with Crippen molar-refractivity contribution in [3.05, 3.63) is 0 Å². The average molecular weight is 157 g/mol. The maximum atomic E-state index is 9.96. The standard InChI is InChI=1S/C9H19NO/c1-4-9(2,3)8-10-6-5-7-11/h7,10H,4-6,8H2,1-3H3. The van der Waals surface area contributed by atoms with Crippen LogP contribution in [0, 0.1) is 5.41 Å². The van der Waals surface area contributed by atoms with Crippen LogP contribution in [0.4, 0.5) is 0 Å². The predicted octanol–water partition coefficient (Wildman–Crippen LogP) is 1.60. The van der Waals surface area contributed by atoms with E-state index in [1.54, 1.807) is 0 Å². The van der Waals surface area contributed by atoms with Crippen molar-refractivity contribution >= 4 is 6.29 Å². The second kappa shape index (κ2) is 5.30. The lowest BCUT2D eigenvalue weighted by molar-refractivity contribution is -0.107. The van der Waals surface area contributed by atoms with Crippen molar-refractivity contribution in [3.63, 3.8) is 0 Å². The topological polar surface area (TPSA) is 29.1 Å². The highest BCUT2D eigenvalue weighted by Gasteiger charge is 2.13. The fourth-order valence-corrected chi connectivity index (χ4v) is 0.713. The zero-order valence-electron chi connectivity index (χ0n) is 7.81. The maximum Gasteiger partial charge on any atom is 0.121 e. The molecule has 2 heteroatoms. The molecular weight excluding hydrogens is 138 g/mol. The highest BCUT2D eigenvalue weighted by Crippen LogP contribution is 2.17. The molecule has 0 aromatic carbocycles. The Morgan fingerprint density at radius 1 is 1.45 bits per heavy atom. The minimum atomic E-state index is 0.364. The zero-order chi connectivity index (χ0) is 8.74. The summed E-state index contributed by atoms with van der Waals surface area (Å²) in [7, 11) is 0. The van der Waals surface area contributed by atoms with Gasteiger partial charge in [-0.2, -0.15) is 0 Å². The molecule has 0 bridgehead atoms. The van der Waals surface area contributed by atoms with Crippen LogP contribution >= 0.6 is 0 Å². The third-order valence-corrected chi connectivity index (χ3v) is 2.00. The van der Waals surface area contributed by atoms with Crippen LogP contribution in [0.25, 0.3) is 0 Å². The third-order valence-electron chi connectivity index (χ3n) is 2.00. The summed E-state index contributed by atoms with van der Waals surface area (Å²) < 4.78 is 0. The van der Waals surface area contributed by atoms with Gasteiger partial charge >= 0.3 is 0 Å². The molecule has 0 radical (unpaired) electrons. The Morgan fingerprint density at radius 3 is 2.55 bits per heavy atom. The fraction of sp³-hybridized carbons (Fsp3) is 0.889. The Labute approximate surface area is 69.4 Å². The normalized spacial score (nSPS) is 11.5. The Kier molecular flexibility index (Phi) is 5.12. The van der Waals surface area contributed by atoms with E-state index in [2.05, 4.69) is 26.1 Å². The van der Waals surface area contributed by atoms with Crippen molar-refractivity contribution in [1.29, 1.82) is 0 Å². The van der Waals surface area contributed by atoms with Gasteiger partial charge in [0.15, 0.2) is 0 Å². The molecule has 0 aliphatic rings. The first-order chi connectivity index (χ1) is 5.12. The van der Waals surface area contributed by atoms with Gasteiger partial charge in [-0.3, -0.25) is 0 Å². The van der Waals surface area contributed by atoms with E-state index in [9.17, 15) is 4.79 Å². The lowest BCUT2D eigenvalue weighted by Gasteiger charge is -2.22. The van der Waals surface area contributed by atoms with Crippen LogP contribution < -0.4 is 5.32 Å². The Bertz CT molecular complexity index is 110. The Balaban J connectivity index is 3.29. The number of carbonyl (C=O) groups is 1. The molecule has 0 saturated carbocycles. The molecule has 0 aromatic rings. The van der Waals surface area contributed by atoms with E-state index in [1.165, 1.54) is 6.42 Å². The minimum Gasteiger partial charge on any atom is -0.316 e. The van der Waals surface area contributed by atoms with Gasteiger partial charge in [0.1, 0.15) is 6.29 Å². The summed E-state index contributed by atoms with van der Waals surface area (Å²) in [5.74, 6) is 0. The number of hydrogen-bond donors (Lipinski definition) is 1. The van der Waals surface area contributed by atoms with Gasteiger partial charge in [-0.25, -0.2) is 0 Å². The molecule has 0 unspecified atom stereocenters. The van der Waals surface area contributed by atoms with Crippen molar-refractivity contribution in [1.82, 2.24) is 5.32 Å². The van der Waals surface area contributed by atoms with Crippen LogP contribution in [0.2, 0.25) is 0 Å². The van der Waals surface area contributed by atoms with Gasteiger partial charge in [0, 0.05) is 19.5 Å². The molecule has 0 spiro atoms. The molecule has 0 aliphatic carbocycles. The van der Waals surface area contributed by atoms with Gasteiger partial charge in [0.25, 0.3) is 0 Å². The molecular formula is C9H19NO. The van der Waals surface area contributed by atoms with E-state index in [4.69, 9.17) is 0 Å². The summed E-state index contributed by atoms with van der Waals surface area (Å²) in [5.41, 5.74) is 0.364. The smallest absolute Gasteiger partial charge is 0.121 e. The van der Waals surface area contributed by atoms with Crippen LogP contribution in [0.15, 0.2) is 0 Å². The van der Waals surface area contributed by atoms with Crippen molar-refractivity contribution in [2.75, 3.05) is 13.1 Å². The van der Waals surface area contributed by atoms with E-state index in [0.717, 1.165) is 19.4 Å². The van der Waals surface area contributed by atoms with Crippen molar-refractivity contribution in [3.8, 4) is 0 Å². The molecule has 0 rings (SSSR count). The van der Waals surface area contributed by atoms with E-state index in [0.29, 0.717) is 11.8 Å². The minimum absolute atomic E-state index is 0.364. The molecule has 0 saturated heterocycles. The number of carbonyl (C=O) groups excluding carboxylic acids is 1. The average Bonchev–Trinajstić information content (AvgIpc) is 1.99. The molecule has 0 fully saturated rings. The first-order valence-corrected chi connectivity index (χ1v) is 4.27. The molecule has 0 aromatic heterocycles. The largest absolute Gasteiger partial charge is 0.316 e. The maximum absolute atomic E-state index is 9.96. The molecule has 0 heterocycles. The fourth-order valence-electron chi connectivity index (χ4n) is 0.713. The van der Waals surface area contributed by atoms with E-state index in [1.807, 2.05) is 0 Å². The van der Waals surface area contributed by atoms with Gasteiger partial charge in [-0.1, -0.05) is 20.8 Å². The number of nitrogens with one attached hydrogen (secondary N) is 1. The van der Waals surface area contributed by atoms with Gasteiger partial charge in [-0.15, -0.1) is 0 Å². The zero-order valence-corrected chi connectivity index (χ0v) is 7.81. The number of rotatable bonds is 6. The van der Waals surface area contributed by atoms with Crippen LogP contribution in [0.3, 0.4) is 0 Å². The molecule has 11 heavy (non-hydrogen) atoms. The number of hydrogen-bond acceptors (Lipinski definition) is 2. The lowest BCUT2D eigenvalue weighted by Crippen LogP contribution is -2.29. The van der Waals surface area contributed by atoms with E-state index >= 15 is 0 Å². The lowest BCUT2D eigenvalue weighted by atomic mass is 9.90. The summed E-state index contributed by atoms with van der Waals surface area (Å²) >= 11 is 0. The first kappa shape index (κ1) is 10.6. The third kappa shape index (κ3) is 6.05.